The van der Waals surface area contributed by atoms with Crippen molar-refractivity contribution in [1.82, 2.24) is 4.90 Å². The first kappa shape index (κ1) is 21.3. The third-order valence-corrected chi connectivity index (χ3v) is 4.88. The maximum atomic E-state index is 12.0. The molecule has 1 amide bonds. The van der Waals surface area contributed by atoms with Crippen molar-refractivity contribution in [3.63, 3.8) is 0 Å². The van der Waals surface area contributed by atoms with Crippen LogP contribution < -0.4 is 4.74 Å². The highest BCUT2D eigenvalue weighted by Gasteiger charge is 2.32. The van der Waals surface area contributed by atoms with E-state index in [0.717, 1.165) is 27.8 Å². The van der Waals surface area contributed by atoms with E-state index in [1.165, 1.54) is 4.90 Å². The molecule has 1 N–H and O–H groups in total. The first-order valence-electron chi connectivity index (χ1n) is 9.28. The number of rotatable bonds is 8. The molecule has 4 nitrogen and oxygen atoms in total. The molecule has 0 fully saturated rings. The van der Waals surface area contributed by atoms with E-state index in [1.807, 2.05) is 76.2 Å². The fourth-order valence-electron chi connectivity index (χ4n) is 3.04. The summed E-state index contributed by atoms with van der Waals surface area (Å²) in [6, 6.07) is 15.5. The molecule has 4 heteroatoms. The molecule has 148 valence electrons. The lowest BCUT2D eigenvalue weighted by molar-refractivity contribution is 0.0802. The van der Waals surface area contributed by atoms with Crippen LogP contribution >= 0.6 is 0 Å². The van der Waals surface area contributed by atoms with E-state index in [0.29, 0.717) is 5.75 Å². The normalized spacial score (nSPS) is 11.0. The summed E-state index contributed by atoms with van der Waals surface area (Å²) in [5.74, 6) is 0.702. The molecule has 0 atom stereocenters. The Morgan fingerprint density at radius 3 is 2.18 bits per heavy atom. The van der Waals surface area contributed by atoms with Gasteiger partial charge in [0.05, 0.1) is 12.1 Å². The van der Waals surface area contributed by atoms with Crippen molar-refractivity contribution in [2.24, 2.45) is 0 Å². The molecular weight excluding hydrogens is 350 g/mol. The Kier molecular flexibility index (Phi) is 6.68. The van der Waals surface area contributed by atoms with Crippen LogP contribution in [-0.2, 0) is 5.54 Å². The van der Waals surface area contributed by atoms with E-state index < -0.39 is 11.6 Å². The largest absolute Gasteiger partial charge is 0.492 e. The van der Waals surface area contributed by atoms with Crippen LogP contribution in [0, 0.1) is 0 Å². The van der Waals surface area contributed by atoms with Gasteiger partial charge in [0.1, 0.15) is 12.4 Å². The summed E-state index contributed by atoms with van der Waals surface area (Å²) >= 11 is 0. The average molecular weight is 380 g/mol. The third-order valence-electron chi connectivity index (χ3n) is 4.88. The van der Waals surface area contributed by atoms with Crippen LogP contribution in [0.2, 0.25) is 0 Å². The maximum Gasteiger partial charge on any atom is 0.408 e. The van der Waals surface area contributed by atoms with Crippen molar-refractivity contribution in [2.75, 3.05) is 13.2 Å². The van der Waals surface area contributed by atoms with E-state index in [2.05, 4.69) is 13.2 Å². The fourth-order valence-corrected chi connectivity index (χ4v) is 3.04. The van der Waals surface area contributed by atoms with Gasteiger partial charge in [-0.3, -0.25) is 4.90 Å². The van der Waals surface area contributed by atoms with Gasteiger partial charge in [-0.2, -0.15) is 0 Å². The van der Waals surface area contributed by atoms with Crippen LogP contribution in [0.4, 0.5) is 4.79 Å². The van der Waals surface area contributed by atoms with Crippen LogP contribution in [-0.4, -0.2) is 29.3 Å². The molecule has 0 aliphatic heterocycles. The quantitative estimate of drug-likeness (QED) is 0.608. The predicted octanol–water partition coefficient (Wildman–Crippen LogP) is 6.05. The molecule has 0 heterocycles. The van der Waals surface area contributed by atoms with Gasteiger partial charge < -0.3 is 9.84 Å². The minimum absolute atomic E-state index is 0.247. The van der Waals surface area contributed by atoms with Crippen molar-refractivity contribution < 1.29 is 14.6 Å². The highest BCUT2D eigenvalue weighted by atomic mass is 16.5. The van der Waals surface area contributed by atoms with Crippen LogP contribution in [0.3, 0.4) is 0 Å². The summed E-state index contributed by atoms with van der Waals surface area (Å²) < 4.78 is 5.81. The summed E-state index contributed by atoms with van der Waals surface area (Å²) in [6.07, 6.45) is -0.981. The molecule has 0 unspecified atom stereocenters. The van der Waals surface area contributed by atoms with Gasteiger partial charge in [-0.15, -0.1) is 0 Å². The smallest absolute Gasteiger partial charge is 0.408 e. The summed E-state index contributed by atoms with van der Waals surface area (Å²) in [5.41, 5.74) is 4.12. The second-order valence-corrected chi connectivity index (χ2v) is 7.51. The Morgan fingerprint density at radius 1 is 1.04 bits per heavy atom. The molecule has 28 heavy (non-hydrogen) atoms. The lowest BCUT2D eigenvalue weighted by Gasteiger charge is -2.37. The van der Waals surface area contributed by atoms with Gasteiger partial charge in [0.25, 0.3) is 0 Å². The lowest BCUT2D eigenvalue weighted by atomic mass is 9.90. The molecule has 0 bridgehead atoms. The Hall–Kier alpha value is -3.01. The molecular formula is C24H29NO3. The van der Waals surface area contributed by atoms with Crippen molar-refractivity contribution in [1.29, 1.82) is 0 Å². The maximum absolute atomic E-state index is 12.0. The number of benzene rings is 2. The molecule has 0 aliphatic carbocycles. The summed E-state index contributed by atoms with van der Waals surface area (Å²) in [4.78, 5) is 13.4. The number of carboxylic acid groups (broad SMARTS) is 1. The first-order valence-corrected chi connectivity index (χ1v) is 9.28. The molecule has 0 saturated carbocycles. The topological polar surface area (TPSA) is 49.8 Å². The number of nitrogens with zero attached hydrogens (tertiary/aromatic N) is 1. The SMILES string of the molecule is C=C(C)c1cccc(OCCN(C(=O)O)C(C)(C)c2cccc(C(=C)C)c2)c1. The zero-order valence-electron chi connectivity index (χ0n) is 17.2. The molecule has 2 aromatic rings. The van der Waals surface area contributed by atoms with Crippen LogP contribution in [0.15, 0.2) is 61.7 Å². The van der Waals surface area contributed by atoms with E-state index in [4.69, 9.17) is 4.74 Å². The van der Waals surface area contributed by atoms with Crippen molar-refractivity contribution in [3.8, 4) is 5.75 Å². The summed E-state index contributed by atoms with van der Waals surface area (Å²) in [7, 11) is 0. The highest BCUT2D eigenvalue weighted by Crippen LogP contribution is 2.30. The average Bonchev–Trinajstić information content (AvgIpc) is 2.65. The van der Waals surface area contributed by atoms with Crippen molar-refractivity contribution in [3.05, 3.63) is 78.4 Å². The van der Waals surface area contributed by atoms with E-state index in [1.54, 1.807) is 0 Å². The first-order chi connectivity index (χ1) is 13.1. The number of hydrogen-bond acceptors (Lipinski definition) is 2. The lowest BCUT2D eigenvalue weighted by Crippen LogP contribution is -2.47. The van der Waals surface area contributed by atoms with Gasteiger partial charge in [0.15, 0.2) is 0 Å². The number of amides is 1. The van der Waals surface area contributed by atoms with Gasteiger partial charge in [0.2, 0.25) is 0 Å². The molecule has 0 aliphatic rings. The monoisotopic (exact) mass is 379 g/mol. The molecule has 2 rings (SSSR count). The van der Waals surface area contributed by atoms with E-state index >= 15 is 0 Å². The van der Waals surface area contributed by atoms with Crippen molar-refractivity contribution in [2.45, 2.75) is 33.2 Å². The minimum Gasteiger partial charge on any atom is -0.492 e. The van der Waals surface area contributed by atoms with Crippen LogP contribution in [0.1, 0.15) is 44.4 Å². The number of ether oxygens (including phenoxy) is 1. The van der Waals surface area contributed by atoms with Gasteiger partial charge in [-0.1, -0.05) is 54.6 Å². The predicted molar refractivity (Wildman–Crippen MR) is 116 cm³/mol. The van der Waals surface area contributed by atoms with Gasteiger partial charge in [-0.05, 0) is 62.6 Å². The fraction of sp³-hybridized carbons (Fsp3) is 0.292. The molecule has 0 aromatic heterocycles. The van der Waals surface area contributed by atoms with Crippen LogP contribution in [0.5, 0.6) is 5.75 Å². The third kappa shape index (κ3) is 5.03. The zero-order chi connectivity index (χ0) is 20.9. The molecule has 0 radical (unpaired) electrons. The Morgan fingerprint density at radius 2 is 1.61 bits per heavy atom. The summed E-state index contributed by atoms with van der Waals surface area (Å²) in [6.45, 7) is 16.1. The van der Waals surface area contributed by atoms with Gasteiger partial charge in [0, 0.05) is 0 Å². The van der Waals surface area contributed by atoms with Crippen molar-refractivity contribution >= 4 is 17.2 Å². The van der Waals surface area contributed by atoms with Crippen LogP contribution in [0.25, 0.3) is 11.1 Å². The number of carbonyl (C=O) groups is 1. The molecule has 2 aromatic carbocycles. The standard InChI is InChI=1S/C24H29NO3/c1-17(2)19-9-7-11-21(15-19)24(5,6)25(23(26)27)13-14-28-22-12-8-10-20(16-22)18(3)4/h7-12,15-16H,1,3,13-14H2,2,4-6H3,(H,26,27). The van der Waals surface area contributed by atoms with E-state index in [-0.39, 0.29) is 13.2 Å². The zero-order valence-corrected chi connectivity index (χ0v) is 17.2. The number of hydrogen-bond donors (Lipinski definition) is 1. The van der Waals surface area contributed by atoms with Gasteiger partial charge >= 0.3 is 6.09 Å². The Balaban J connectivity index is 2.15. The summed E-state index contributed by atoms with van der Waals surface area (Å²) in [5, 5.41) is 9.80. The second kappa shape index (κ2) is 8.79. The second-order valence-electron chi connectivity index (χ2n) is 7.51. The minimum atomic E-state index is -0.981. The number of allylic oxidation sites excluding steroid dienone is 2. The van der Waals surface area contributed by atoms with Gasteiger partial charge in [-0.25, -0.2) is 4.79 Å². The molecule has 0 spiro atoms. The molecule has 0 saturated heterocycles. The highest BCUT2D eigenvalue weighted by molar-refractivity contribution is 5.67. The van der Waals surface area contributed by atoms with E-state index in [9.17, 15) is 9.90 Å². The Labute approximate surface area is 167 Å². The Bertz CT molecular complexity index is 883.